The smallest absolute Gasteiger partial charge is 0.229 e. The quantitative estimate of drug-likeness (QED) is 0.876. The minimum Gasteiger partial charge on any atom is -0.324 e. The molecule has 1 rings (SSSR count). The van der Waals surface area contributed by atoms with E-state index in [2.05, 4.69) is 4.72 Å². The third-order valence-electron chi connectivity index (χ3n) is 2.13. The summed E-state index contributed by atoms with van der Waals surface area (Å²) in [5.74, 6) is 0. The van der Waals surface area contributed by atoms with Crippen LogP contribution in [0.3, 0.4) is 0 Å². The molecule has 3 N–H and O–H groups in total. The Labute approximate surface area is 101 Å². The number of anilines is 1. The van der Waals surface area contributed by atoms with E-state index in [1.807, 2.05) is 6.92 Å². The maximum absolute atomic E-state index is 11.1. The molecule has 16 heavy (non-hydrogen) atoms. The van der Waals surface area contributed by atoms with Gasteiger partial charge >= 0.3 is 0 Å². The molecule has 1 atom stereocenters. The van der Waals surface area contributed by atoms with Crippen molar-refractivity contribution in [3.8, 4) is 0 Å². The zero-order chi connectivity index (χ0) is 12.5. The van der Waals surface area contributed by atoms with E-state index in [9.17, 15) is 8.42 Å². The van der Waals surface area contributed by atoms with Gasteiger partial charge in [-0.3, -0.25) is 4.72 Å². The van der Waals surface area contributed by atoms with E-state index in [1.165, 1.54) is 0 Å². The lowest BCUT2D eigenvalue weighted by molar-refractivity contribution is 0.607. The molecule has 0 unspecified atom stereocenters. The molecule has 90 valence electrons. The van der Waals surface area contributed by atoms with E-state index in [0.29, 0.717) is 10.7 Å². The Bertz CT molecular complexity index is 498. The summed E-state index contributed by atoms with van der Waals surface area (Å²) in [6.45, 7) is 3.63. The normalized spacial score (nSPS) is 13.6. The molecule has 0 radical (unpaired) electrons. The van der Waals surface area contributed by atoms with E-state index < -0.39 is 10.0 Å². The molecule has 0 spiro atoms. The Morgan fingerprint density at radius 3 is 2.44 bits per heavy atom. The van der Waals surface area contributed by atoms with Gasteiger partial charge in [-0.05, 0) is 31.0 Å². The lowest BCUT2D eigenvalue weighted by Crippen LogP contribution is -2.12. The van der Waals surface area contributed by atoms with Gasteiger partial charge in [-0.15, -0.1) is 0 Å². The molecule has 1 aromatic rings. The van der Waals surface area contributed by atoms with E-state index in [1.54, 1.807) is 19.1 Å². The highest BCUT2D eigenvalue weighted by Gasteiger charge is 2.11. The standard InChI is InChI=1S/C10H15ClN2O2S/c1-6-4-8(7(2)12)9(11)5-10(6)13-16(3,14)15/h4-5,7,13H,12H2,1-3H3/t7-/m0/s1. The van der Waals surface area contributed by atoms with Crippen LogP contribution in [-0.2, 0) is 10.0 Å². The van der Waals surface area contributed by atoms with Crippen molar-refractivity contribution in [1.29, 1.82) is 0 Å². The van der Waals surface area contributed by atoms with Crippen LogP contribution in [0, 0.1) is 6.92 Å². The minimum absolute atomic E-state index is 0.182. The second kappa shape index (κ2) is 4.61. The van der Waals surface area contributed by atoms with Crippen molar-refractivity contribution in [2.75, 3.05) is 11.0 Å². The molecule has 0 aliphatic rings. The second-order valence-corrected chi connectivity index (χ2v) is 6.01. The van der Waals surface area contributed by atoms with Gasteiger partial charge in [0.15, 0.2) is 0 Å². The second-order valence-electron chi connectivity index (χ2n) is 3.85. The highest BCUT2D eigenvalue weighted by atomic mass is 35.5. The molecule has 0 heterocycles. The predicted octanol–water partition coefficient (Wildman–Crippen LogP) is 2.04. The van der Waals surface area contributed by atoms with E-state index >= 15 is 0 Å². The summed E-state index contributed by atoms with van der Waals surface area (Å²) < 4.78 is 24.6. The van der Waals surface area contributed by atoms with Crippen molar-refractivity contribution in [3.05, 3.63) is 28.3 Å². The lowest BCUT2D eigenvalue weighted by Gasteiger charge is -2.13. The van der Waals surface area contributed by atoms with Gasteiger partial charge in [0.25, 0.3) is 0 Å². The van der Waals surface area contributed by atoms with Gasteiger partial charge in [0.05, 0.1) is 11.9 Å². The number of rotatable bonds is 3. The van der Waals surface area contributed by atoms with Gasteiger partial charge in [-0.1, -0.05) is 17.7 Å². The maximum Gasteiger partial charge on any atom is 0.229 e. The Morgan fingerprint density at radius 2 is 2.00 bits per heavy atom. The van der Waals surface area contributed by atoms with Crippen molar-refractivity contribution in [2.45, 2.75) is 19.9 Å². The van der Waals surface area contributed by atoms with Crippen LogP contribution < -0.4 is 10.5 Å². The molecule has 0 aliphatic heterocycles. The van der Waals surface area contributed by atoms with Gasteiger partial charge in [0.2, 0.25) is 10.0 Å². The van der Waals surface area contributed by atoms with Crippen molar-refractivity contribution in [2.24, 2.45) is 5.73 Å². The molecule has 0 bridgehead atoms. The molecule has 0 aliphatic carbocycles. The largest absolute Gasteiger partial charge is 0.324 e. The zero-order valence-electron chi connectivity index (χ0n) is 9.41. The first-order valence-corrected chi connectivity index (χ1v) is 7.01. The fourth-order valence-corrected chi connectivity index (χ4v) is 2.32. The number of sulfonamides is 1. The van der Waals surface area contributed by atoms with E-state index in [4.69, 9.17) is 17.3 Å². The first kappa shape index (κ1) is 13.3. The van der Waals surface area contributed by atoms with Gasteiger partial charge in [-0.25, -0.2) is 8.42 Å². The molecule has 0 saturated heterocycles. The van der Waals surface area contributed by atoms with Gasteiger partial charge in [0, 0.05) is 11.1 Å². The van der Waals surface area contributed by atoms with Crippen molar-refractivity contribution < 1.29 is 8.42 Å². The van der Waals surface area contributed by atoms with Crippen LogP contribution in [0.1, 0.15) is 24.1 Å². The van der Waals surface area contributed by atoms with Gasteiger partial charge in [0.1, 0.15) is 0 Å². The Morgan fingerprint density at radius 1 is 1.44 bits per heavy atom. The molecule has 0 amide bonds. The van der Waals surface area contributed by atoms with E-state index in [0.717, 1.165) is 17.4 Å². The zero-order valence-corrected chi connectivity index (χ0v) is 11.0. The topological polar surface area (TPSA) is 72.2 Å². The predicted molar refractivity (Wildman–Crippen MR) is 67.3 cm³/mol. The van der Waals surface area contributed by atoms with Crippen LogP contribution in [0.5, 0.6) is 0 Å². The number of nitrogens with two attached hydrogens (primary N) is 1. The summed E-state index contributed by atoms with van der Waals surface area (Å²) in [7, 11) is -3.29. The lowest BCUT2D eigenvalue weighted by atomic mass is 10.1. The first-order valence-electron chi connectivity index (χ1n) is 4.74. The SMILES string of the molecule is Cc1cc([C@H](C)N)c(Cl)cc1NS(C)(=O)=O. The van der Waals surface area contributed by atoms with Crippen LogP contribution >= 0.6 is 11.6 Å². The third kappa shape index (κ3) is 3.37. The number of benzene rings is 1. The van der Waals surface area contributed by atoms with Crippen molar-refractivity contribution >= 4 is 27.3 Å². The van der Waals surface area contributed by atoms with Crippen LogP contribution in [0.4, 0.5) is 5.69 Å². The van der Waals surface area contributed by atoms with E-state index in [-0.39, 0.29) is 6.04 Å². The minimum atomic E-state index is -3.29. The summed E-state index contributed by atoms with van der Waals surface area (Å²) in [5.41, 5.74) is 7.82. The van der Waals surface area contributed by atoms with Crippen molar-refractivity contribution in [1.82, 2.24) is 0 Å². The highest BCUT2D eigenvalue weighted by molar-refractivity contribution is 7.92. The number of hydrogen-bond acceptors (Lipinski definition) is 3. The summed E-state index contributed by atoms with van der Waals surface area (Å²) >= 11 is 6.01. The monoisotopic (exact) mass is 262 g/mol. The van der Waals surface area contributed by atoms with Crippen molar-refractivity contribution in [3.63, 3.8) is 0 Å². The molecule has 1 aromatic carbocycles. The Kier molecular flexibility index (Phi) is 3.83. The fraction of sp³-hybridized carbons (Fsp3) is 0.400. The van der Waals surface area contributed by atoms with Crippen LogP contribution in [0.2, 0.25) is 5.02 Å². The highest BCUT2D eigenvalue weighted by Crippen LogP contribution is 2.28. The van der Waals surface area contributed by atoms with Crippen LogP contribution in [0.15, 0.2) is 12.1 Å². The average Bonchev–Trinajstić information content (AvgIpc) is 2.07. The number of nitrogens with one attached hydrogen (secondary N) is 1. The molecule has 0 aromatic heterocycles. The summed E-state index contributed by atoms with van der Waals surface area (Å²) in [5, 5.41) is 0.465. The maximum atomic E-state index is 11.1. The molecule has 0 fully saturated rings. The molecular formula is C10H15ClN2O2S. The van der Waals surface area contributed by atoms with Crippen LogP contribution in [0.25, 0.3) is 0 Å². The Balaban J connectivity index is 3.21. The summed E-state index contributed by atoms with van der Waals surface area (Å²) in [4.78, 5) is 0. The Hall–Kier alpha value is -0.780. The first-order chi connectivity index (χ1) is 7.20. The number of aryl methyl sites for hydroxylation is 1. The summed E-state index contributed by atoms with van der Waals surface area (Å²) in [6, 6.07) is 3.19. The molecular weight excluding hydrogens is 248 g/mol. The number of halogens is 1. The van der Waals surface area contributed by atoms with Gasteiger partial charge < -0.3 is 5.73 Å². The molecule has 0 saturated carbocycles. The molecule has 6 heteroatoms. The third-order valence-corrected chi connectivity index (χ3v) is 3.05. The average molecular weight is 263 g/mol. The van der Waals surface area contributed by atoms with Gasteiger partial charge in [-0.2, -0.15) is 0 Å². The van der Waals surface area contributed by atoms with Crippen LogP contribution in [-0.4, -0.2) is 14.7 Å². The fourth-order valence-electron chi connectivity index (χ4n) is 1.36. The summed E-state index contributed by atoms with van der Waals surface area (Å²) in [6.07, 6.45) is 1.10. The molecule has 4 nitrogen and oxygen atoms in total. The number of hydrogen-bond donors (Lipinski definition) is 2.